The van der Waals surface area contributed by atoms with Crippen molar-refractivity contribution in [3.8, 4) is 11.3 Å². The molecule has 0 spiro atoms. The van der Waals surface area contributed by atoms with Gasteiger partial charge in [0.05, 0.1) is 5.52 Å². The molecule has 0 aliphatic heterocycles. The van der Waals surface area contributed by atoms with Crippen molar-refractivity contribution in [2.24, 2.45) is 10.8 Å². The van der Waals surface area contributed by atoms with E-state index in [1.165, 1.54) is 22.4 Å². The number of benzene rings is 3. The summed E-state index contributed by atoms with van der Waals surface area (Å²) in [6.45, 7) is 20.1. The largest absolute Gasteiger partial charge is 0.512 e. The molecular weight excluding hydrogens is 685 g/mol. The number of hydrogen-bond donors (Lipinski definition) is 1. The maximum Gasteiger partial charge on any atom is 0.164 e. The predicted molar refractivity (Wildman–Crippen MR) is 169 cm³/mol. The summed E-state index contributed by atoms with van der Waals surface area (Å²) in [4.78, 5) is 21.7. The average Bonchev–Trinajstić information content (AvgIpc) is 2.91. The van der Waals surface area contributed by atoms with Gasteiger partial charge in [0, 0.05) is 48.3 Å². The molecule has 4 aromatic rings. The van der Waals surface area contributed by atoms with Crippen LogP contribution in [0, 0.1) is 30.7 Å². The van der Waals surface area contributed by atoms with Crippen LogP contribution in [0.1, 0.15) is 91.1 Å². The number of ketones is 1. The first kappa shape index (κ1) is 34.3. The summed E-state index contributed by atoms with van der Waals surface area (Å²) in [6.07, 6.45) is 2.99. The van der Waals surface area contributed by atoms with Gasteiger partial charge in [-0.1, -0.05) is 106 Å². The SMILES string of the molecule is CCC(C)(C)C(=O)/C=C(\O)C(C)(C)CC.Cc1[c-]c(-c2nc(C(C)C)nc3c2ccc2ccccc23)cc(C)c1.[Ir]. The zero-order valence-electron chi connectivity index (χ0n) is 26.3. The molecule has 0 fully saturated rings. The molecule has 4 nitrogen and oxygen atoms in total. The predicted octanol–water partition coefficient (Wildman–Crippen LogP) is 9.86. The topological polar surface area (TPSA) is 63.1 Å². The van der Waals surface area contributed by atoms with E-state index < -0.39 is 0 Å². The molecule has 1 radical (unpaired) electrons. The number of aliphatic hydroxyl groups excluding tert-OH is 1. The third-order valence-electron chi connectivity index (χ3n) is 7.92. The van der Waals surface area contributed by atoms with E-state index in [9.17, 15) is 9.90 Å². The minimum absolute atomic E-state index is 0. The Morgan fingerprint density at radius 3 is 2.15 bits per heavy atom. The van der Waals surface area contributed by atoms with Gasteiger partial charge in [0.2, 0.25) is 0 Å². The number of allylic oxidation sites excluding steroid dienone is 2. The minimum Gasteiger partial charge on any atom is -0.512 e. The standard InChI is InChI=1S/C23H21N2.C13H24O2.Ir/c1-14(2)23-24-21(18-12-15(3)11-16(4)13-18)20-10-9-17-7-5-6-8-19(17)22(20)25-23;1-7-12(3,4)10(14)9-11(15)13(5,6)8-2;/h5-12,14H,1-4H3;9,14H,7-8H2,1-6H3;/q-1;;/b;10-9-;. The minimum atomic E-state index is -0.377. The second-order valence-electron chi connectivity index (χ2n) is 12.4. The van der Waals surface area contributed by atoms with E-state index >= 15 is 0 Å². The molecule has 3 aromatic carbocycles. The Labute approximate surface area is 260 Å². The monoisotopic (exact) mass is 730 g/mol. The first-order valence-electron chi connectivity index (χ1n) is 14.4. The van der Waals surface area contributed by atoms with E-state index in [1.54, 1.807) is 0 Å². The number of fused-ring (bicyclic) bond motifs is 3. The molecule has 0 aliphatic rings. The van der Waals surface area contributed by atoms with Crippen molar-refractivity contribution in [1.82, 2.24) is 9.97 Å². The van der Waals surface area contributed by atoms with Gasteiger partial charge in [-0.05, 0) is 29.3 Å². The Hall–Kier alpha value is -2.88. The van der Waals surface area contributed by atoms with Gasteiger partial charge in [0.25, 0.3) is 0 Å². The van der Waals surface area contributed by atoms with Crippen LogP contribution in [0.4, 0.5) is 0 Å². The molecular formula is C36H45IrN2O2-. The van der Waals surface area contributed by atoms with Crippen LogP contribution in [0.5, 0.6) is 0 Å². The maximum absolute atomic E-state index is 11.8. The molecule has 0 atom stereocenters. The van der Waals surface area contributed by atoms with E-state index in [0.29, 0.717) is 0 Å². The second-order valence-corrected chi connectivity index (χ2v) is 12.4. The number of carbonyl (C=O) groups excluding carboxylic acids is 1. The first-order chi connectivity index (χ1) is 18.7. The van der Waals surface area contributed by atoms with Crippen molar-refractivity contribution in [3.63, 3.8) is 0 Å². The van der Waals surface area contributed by atoms with Gasteiger partial charge < -0.3 is 5.11 Å². The maximum atomic E-state index is 11.8. The zero-order chi connectivity index (χ0) is 29.8. The quantitative estimate of drug-likeness (QED) is 0.0891. The first-order valence-corrected chi connectivity index (χ1v) is 14.4. The van der Waals surface area contributed by atoms with Gasteiger partial charge in [-0.2, -0.15) is 0 Å². The van der Waals surface area contributed by atoms with Crippen LogP contribution in [0.15, 0.2) is 60.4 Å². The molecule has 1 aromatic heterocycles. The van der Waals surface area contributed by atoms with Crippen LogP contribution in [0.2, 0.25) is 0 Å². The van der Waals surface area contributed by atoms with E-state index in [4.69, 9.17) is 9.97 Å². The molecule has 4 rings (SSSR count). The fraction of sp³-hybridized carbons (Fsp3) is 0.417. The van der Waals surface area contributed by atoms with Gasteiger partial charge in [0.15, 0.2) is 5.78 Å². The van der Waals surface area contributed by atoms with Crippen LogP contribution in [-0.2, 0) is 24.9 Å². The molecule has 41 heavy (non-hydrogen) atoms. The Bertz CT molecular complexity index is 1530. The summed E-state index contributed by atoms with van der Waals surface area (Å²) in [5.41, 5.74) is 4.73. The summed E-state index contributed by atoms with van der Waals surface area (Å²) in [5, 5.41) is 13.3. The third-order valence-corrected chi connectivity index (χ3v) is 7.92. The zero-order valence-corrected chi connectivity index (χ0v) is 28.7. The van der Waals surface area contributed by atoms with Gasteiger partial charge in [-0.25, -0.2) is 4.98 Å². The fourth-order valence-corrected chi connectivity index (χ4v) is 4.24. The summed E-state index contributed by atoms with van der Waals surface area (Å²) in [5.74, 6) is 1.35. The second kappa shape index (κ2) is 13.9. The molecule has 1 heterocycles. The molecule has 221 valence electrons. The average molecular weight is 730 g/mol. The number of rotatable bonds is 7. The van der Waals surface area contributed by atoms with Crippen molar-refractivity contribution in [3.05, 3.63) is 83.4 Å². The number of carbonyl (C=O) groups is 1. The van der Waals surface area contributed by atoms with Crippen molar-refractivity contribution >= 4 is 27.5 Å². The van der Waals surface area contributed by atoms with Crippen LogP contribution in [0.3, 0.4) is 0 Å². The van der Waals surface area contributed by atoms with Gasteiger partial charge in [-0.15, -0.1) is 34.9 Å². The summed E-state index contributed by atoms with van der Waals surface area (Å²) >= 11 is 0. The summed E-state index contributed by atoms with van der Waals surface area (Å²) < 4.78 is 0. The Morgan fingerprint density at radius 2 is 1.56 bits per heavy atom. The summed E-state index contributed by atoms with van der Waals surface area (Å²) in [7, 11) is 0. The number of aromatic nitrogens is 2. The molecule has 0 saturated carbocycles. The smallest absolute Gasteiger partial charge is 0.164 e. The van der Waals surface area contributed by atoms with Gasteiger partial charge >= 0.3 is 0 Å². The van der Waals surface area contributed by atoms with Crippen molar-refractivity contribution in [2.45, 2.75) is 88.0 Å². The van der Waals surface area contributed by atoms with Crippen LogP contribution in [-0.4, -0.2) is 20.9 Å². The molecule has 0 unspecified atom stereocenters. The molecule has 5 heteroatoms. The van der Waals surface area contributed by atoms with E-state index in [2.05, 4.69) is 82.3 Å². The van der Waals surface area contributed by atoms with Crippen LogP contribution < -0.4 is 0 Å². The van der Waals surface area contributed by atoms with E-state index in [1.807, 2.05) is 41.5 Å². The molecule has 1 N–H and O–H groups in total. The number of aryl methyl sites for hydroxylation is 2. The van der Waals surface area contributed by atoms with Crippen LogP contribution >= 0.6 is 0 Å². The van der Waals surface area contributed by atoms with E-state index in [0.717, 1.165) is 46.4 Å². The van der Waals surface area contributed by atoms with E-state index in [-0.39, 0.29) is 48.4 Å². The van der Waals surface area contributed by atoms with Crippen molar-refractivity contribution < 1.29 is 30.0 Å². The van der Waals surface area contributed by atoms with Gasteiger partial charge in [-0.3, -0.25) is 9.78 Å². The molecule has 0 saturated heterocycles. The molecule has 0 aliphatic carbocycles. The fourth-order valence-electron chi connectivity index (χ4n) is 4.24. The summed E-state index contributed by atoms with van der Waals surface area (Å²) in [6, 6.07) is 20.5. The Balaban J connectivity index is 0.000000320. The molecule has 0 amide bonds. The Morgan fingerprint density at radius 1 is 0.927 bits per heavy atom. The van der Waals surface area contributed by atoms with Crippen molar-refractivity contribution in [1.29, 1.82) is 0 Å². The third kappa shape index (κ3) is 8.11. The molecule has 0 bridgehead atoms. The number of aliphatic hydroxyl groups is 1. The number of hydrogen-bond acceptors (Lipinski definition) is 4. The van der Waals surface area contributed by atoms with Crippen molar-refractivity contribution in [2.75, 3.05) is 0 Å². The number of nitrogens with zero attached hydrogens (tertiary/aromatic N) is 2. The normalized spacial score (nSPS) is 12.2. The van der Waals surface area contributed by atoms with Gasteiger partial charge in [0.1, 0.15) is 11.6 Å². The Kier molecular flexibility index (Phi) is 11.6. The van der Waals surface area contributed by atoms with Crippen LogP contribution in [0.25, 0.3) is 32.9 Å².